The van der Waals surface area contributed by atoms with Crippen LogP contribution >= 0.6 is 11.3 Å². The topological polar surface area (TPSA) is 76.1 Å². The van der Waals surface area contributed by atoms with E-state index in [1.165, 1.54) is 34.6 Å². The number of nitrogens with zero attached hydrogens (tertiary/aromatic N) is 1. The Balaban J connectivity index is 1.75. The number of thiazole rings is 1. The van der Waals surface area contributed by atoms with Crippen molar-refractivity contribution >= 4 is 32.2 Å². The molecule has 3 aromatic rings. The van der Waals surface area contributed by atoms with Gasteiger partial charge in [-0.3, -0.25) is 10.1 Å². The zero-order chi connectivity index (χ0) is 18.7. The molecule has 7 heteroatoms. The first-order chi connectivity index (χ1) is 12.3. The number of aromatic nitrogens is 1. The molecule has 0 atom stereocenters. The van der Waals surface area contributed by atoms with Crippen LogP contribution in [-0.4, -0.2) is 25.6 Å². The van der Waals surface area contributed by atoms with Crippen molar-refractivity contribution in [3.63, 3.8) is 0 Å². The van der Waals surface area contributed by atoms with Gasteiger partial charge < -0.3 is 0 Å². The average molecular weight is 386 g/mol. The third kappa shape index (κ3) is 4.36. The van der Waals surface area contributed by atoms with E-state index in [1.54, 1.807) is 18.3 Å². The number of hydrogen-bond donors (Lipinski definition) is 1. The number of carbonyl (C=O) groups is 1. The molecule has 0 bridgehead atoms. The fourth-order valence-electron chi connectivity index (χ4n) is 2.50. The maximum atomic E-state index is 12.5. The van der Waals surface area contributed by atoms with Gasteiger partial charge in [-0.15, -0.1) is 11.3 Å². The minimum Gasteiger partial charge on any atom is -0.298 e. The summed E-state index contributed by atoms with van der Waals surface area (Å²) in [6, 6.07) is 14.4. The highest BCUT2D eigenvalue weighted by molar-refractivity contribution is 7.90. The number of aryl methyl sites for hydroxylation is 1. The Morgan fingerprint density at radius 1 is 1.12 bits per heavy atom. The molecule has 1 amide bonds. The molecule has 0 radical (unpaired) electrons. The molecule has 1 heterocycles. The molecule has 1 aromatic heterocycles. The number of anilines is 1. The van der Waals surface area contributed by atoms with Gasteiger partial charge in [0.05, 0.1) is 10.5 Å². The van der Waals surface area contributed by atoms with E-state index >= 15 is 0 Å². The Labute approximate surface area is 156 Å². The number of rotatable bonds is 5. The van der Waals surface area contributed by atoms with Crippen LogP contribution in [0.5, 0.6) is 0 Å². The highest BCUT2D eigenvalue weighted by Gasteiger charge is 2.19. The van der Waals surface area contributed by atoms with Gasteiger partial charge in [0.1, 0.15) is 0 Å². The molecule has 0 saturated heterocycles. The van der Waals surface area contributed by atoms with Gasteiger partial charge in [-0.2, -0.15) is 0 Å². The first-order valence-electron chi connectivity index (χ1n) is 7.93. The van der Waals surface area contributed by atoms with Crippen LogP contribution < -0.4 is 5.32 Å². The van der Waals surface area contributed by atoms with E-state index in [-0.39, 0.29) is 10.5 Å². The summed E-state index contributed by atoms with van der Waals surface area (Å²) in [4.78, 5) is 17.7. The van der Waals surface area contributed by atoms with Crippen LogP contribution in [0.25, 0.3) is 0 Å². The molecule has 134 valence electrons. The third-order valence-electron chi connectivity index (χ3n) is 3.80. The zero-order valence-electron chi connectivity index (χ0n) is 14.4. The van der Waals surface area contributed by atoms with Gasteiger partial charge >= 0.3 is 0 Å². The van der Waals surface area contributed by atoms with E-state index in [2.05, 4.69) is 34.6 Å². The maximum Gasteiger partial charge on any atom is 0.258 e. The standard InChI is InChI=1S/C19H18N2O3S2/c1-13-7-9-14(10-8-13)11-15-12-20-19(25-15)21-18(22)16-5-3-4-6-17(16)26(2,23)24/h3-10,12H,11H2,1-2H3,(H,20,21,22). The van der Waals surface area contributed by atoms with Gasteiger partial charge in [0.15, 0.2) is 15.0 Å². The molecule has 0 fully saturated rings. The second kappa shape index (κ2) is 7.39. The minimum atomic E-state index is -3.49. The monoisotopic (exact) mass is 386 g/mol. The molecule has 0 aliphatic rings. The fourth-order valence-corrected chi connectivity index (χ4v) is 4.22. The summed E-state index contributed by atoms with van der Waals surface area (Å²) >= 11 is 1.38. The summed E-state index contributed by atoms with van der Waals surface area (Å²) in [5.74, 6) is -0.484. The first kappa shape index (κ1) is 18.3. The fraction of sp³-hybridized carbons (Fsp3) is 0.158. The Morgan fingerprint density at radius 3 is 2.50 bits per heavy atom. The first-order valence-corrected chi connectivity index (χ1v) is 10.6. The number of carbonyl (C=O) groups excluding carboxylic acids is 1. The van der Waals surface area contributed by atoms with Crippen molar-refractivity contribution in [2.24, 2.45) is 0 Å². The highest BCUT2D eigenvalue weighted by Crippen LogP contribution is 2.23. The molecule has 0 unspecified atom stereocenters. The lowest BCUT2D eigenvalue weighted by Gasteiger charge is -2.06. The highest BCUT2D eigenvalue weighted by atomic mass is 32.2. The second-order valence-corrected chi connectivity index (χ2v) is 9.12. The zero-order valence-corrected chi connectivity index (χ0v) is 16.0. The van der Waals surface area contributed by atoms with Crippen LogP contribution in [0.15, 0.2) is 59.6 Å². The summed E-state index contributed by atoms with van der Waals surface area (Å²) in [5.41, 5.74) is 2.49. The SMILES string of the molecule is Cc1ccc(Cc2cnc(NC(=O)c3ccccc3S(C)(=O)=O)s2)cc1. The van der Waals surface area contributed by atoms with Crippen molar-refractivity contribution in [2.75, 3.05) is 11.6 Å². The van der Waals surface area contributed by atoms with Crippen LogP contribution in [0.3, 0.4) is 0 Å². The summed E-state index contributed by atoms with van der Waals surface area (Å²) in [7, 11) is -3.49. The molecule has 3 rings (SSSR count). The smallest absolute Gasteiger partial charge is 0.258 e. The van der Waals surface area contributed by atoms with Crippen molar-refractivity contribution in [1.29, 1.82) is 0 Å². The summed E-state index contributed by atoms with van der Waals surface area (Å²) in [6.45, 7) is 2.04. The Hall–Kier alpha value is -2.51. The Bertz CT molecular complexity index is 1040. The van der Waals surface area contributed by atoms with Gasteiger partial charge in [-0.05, 0) is 24.6 Å². The number of benzene rings is 2. The van der Waals surface area contributed by atoms with Crippen LogP contribution in [-0.2, 0) is 16.3 Å². The lowest BCUT2D eigenvalue weighted by molar-refractivity contribution is 0.102. The molecule has 1 N–H and O–H groups in total. The lowest BCUT2D eigenvalue weighted by Crippen LogP contribution is -2.15. The number of sulfone groups is 1. The van der Waals surface area contributed by atoms with E-state index in [1.807, 2.05) is 6.92 Å². The summed E-state index contributed by atoms with van der Waals surface area (Å²) in [5, 5.41) is 3.13. The molecule has 0 aliphatic carbocycles. The van der Waals surface area contributed by atoms with E-state index in [0.717, 1.165) is 17.6 Å². The van der Waals surface area contributed by atoms with Crippen molar-refractivity contribution in [3.05, 3.63) is 76.3 Å². The molecule has 0 saturated carbocycles. The second-order valence-electron chi connectivity index (χ2n) is 6.02. The van der Waals surface area contributed by atoms with E-state index < -0.39 is 15.7 Å². The molecular weight excluding hydrogens is 368 g/mol. The number of amides is 1. The quantitative estimate of drug-likeness (QED) is 0.725. The van der Waals surface area contributed by atoms with Gasteiger partial charge in [0.2, 0.25) is 0 Å². The molecule has 5 nitrogen and oxygen atoms in total. The lowest BCUT2D eigenvalue weighted by atomic mass is 10.1. The van der Waals surface area contributed by atoms with Gasteiger partial charge in [0, 0.05) is 23.8 Å². The van der Waals surface area contributed by atoms with Crippen LogP contribution in [0.4, 0.5) is 5.13 Å². The van der Waals surface area contributed by atoms with Gasteiger partial charge in [-0.25, -0.2) is 13.4 Å². The molecule has 26 heavy (non-hydrogen) atoms. The predicted octanol–water partition coefficient (Wildman–Crippen LogP) is 3.70. The number of hydrogen-bond acceptors (Lipinski definition) is 5. The maximum absolute atomic E-state index is 12.5. The molecule has 2 aromatic carbocycles. The van der Waals surface area contributed by atoms with Crippen LogP contribution in [0, 0.1) is 6.92 Å². The Kier molecular flexibility index (Phi) is 5.20. The van der Waals surface area contributed by atoms with Crippen LogP contribution in [0.2, 0.25) is 0 Å². The molecule has 0 aliphatic heterocycles. The van der Waals surface area contributed by atoms with Gasteiger partial charge in [0.25, 0.3) is 5.91 Å². The molecular formula is C19H18N2O3S2. The minimum absolute atomic E-state index is 0.00827. The van der Waals surface area contributed by atoms with Crippen LogP contribution in [0.1, 0.15) is 26.4 Å². The molecule has 0 spiro atoms. The van der Waals surface area contributed by atoms with Crippen molar-refractivity contribution in [3.8, 4) is 0 Å². The van der Waals surface area contributed by atoms with Crippen molar-refractivity contribution in [2.45, 2.75) is 18.2 Å². The number of nitrogens with one attached hydrogen (secondary N) is 1. The normalized spacial score (nSPS) is 11.3. The van der Waals surface area contributed by atoms with E-state index in [4.69, 9.17) is 0 Å². The van der Waals surface area contributed by atoms with Crippen molar-refractivity contribution in [1.82, 2.24) is 4.98 Å². The summed E-state index contributed by atoms with van der Waals surface area (Å²) < 4.78 is 23.7. The predicted molar refractivity (Wildman–Crippen MR) is 104 cm³/mol. The van der Waals surface area contributed by atoms with E-state index in [9.17, 15) is 13.2 Å². The van der Waals surface area contributed by atoms with E-state index in [0.29, 0.717) is 5.13 Å². The van der Waals surface area contributed by atoms with Gasteiger partial charge in [-0.1, -0.05) is 42.0 Å². The summed E-state index contributed by atoms with van der Waals surface area (Å²) in [6.07, 6.45) is 3.54. The Morgan fingerprint density at radius 2 is 1.81 bits per heavy atom. The largest absolute Gasteiger partial charge is 0.298 e. The third-order valence-corrected chi connectivity index (χ3v) is 5.87. The van der Waals surface area contributed by atoms with Crippen molar-refractivity contribution < 1.29 is 13.2 Å². The average Bonchev–Trinajstić information content (AvgIpc) is 3.03.